The maximum atomic E-state index is 11.0. The minimum atomic E-state index is -0.110. The summed E-state index contributed by atoms with van der Waals surface area (Å²) in [6.07, 6.45) is 3.55. The van der Waals surface area contributed by atoms with Crippen LogP contribution < -0.4 is 11.1 Å². The van der Waals surface area contributed by atoms with Gasteiger partial charge in [-0.2, -0.15) is 0 Å². The molecular formula is C16H17N5OS. The highest BCUT2D eigenvalue weighted by Crippen LogP contribution is 2.25. The summed E-state index contributed by atoms with van der Waals surface area (Å²) in [6.45, 7) is 1.48. The molecule has 1 amide bonds. The lowest BCUT2D eigenvalue weighted by Crippen LogP contribution is -2.04. The summed E-state index contributed by atoms with van der Waals surface area (Å²) in [6, 6.07) is 8.27. The molecule has 2 heterocycles. The quantitative estimate of drug-likeness (QED) is 0.671. The number of thiazole rings is 1. The van der Waals surface area contributed by atoms with Crippen LogP contribution in [0.4, 0.5) is 11.1 Å². The fraction of sp³-hybridized carbons (Fsp3) is 0.188. The number of carbonyl (C=O) groups excluding carboxylic acids is 1. The Balaban J connectivity index is 1.64. The monoisotopic (exact) mass is 327 g/mol. The molecule has 1 aromatic carbocycles. The van der Waals surface area contributed by atoms with Gasteiger partial charge in [0.2, 0.25) is 5.91 Å². The molecule has 0 unspecified atom stereocenters. The molecule has 23 heavy (non-hydrogen) atoms. The highest BCUT2D eigenvalue weighted by atomic mass is 32.1. The second-order valence-corrected chi connectivity index (χ2v) is 6.07. The third-order valence-electron chi connectivity index (χ3n) is 3.37. The molecule has 118 valence electrons. The van der Waals surface area contributed by atoms with Crippen molar-refractivity contribution < 1.29 is 4.79 Å². The zero-order chi connectivity index (χ0) is 16.2. The van der Waals surface area contributed by atoms with E-state index in [0.29, 0.717) is 11.1 Å². The molecule has 7 heteroatoms. The van der Waals surface area contributed by atoms with Crippen LogP contribution in [0.15, 0.2) is 35.8 Å². The molecule has 0 saturated carbocycles. The van der Waals surface area contributed by atoms with Crippen molar-refractivity contribution in [1.82, 2.24) is 15.0 Å². The highest BCUT2D eigenvalue weighted by Gasteiger charge is 2.06. The number of hydrogen-bond acceptors (Lipinski definition) is 5. The molecule has 0 fully saturated rings. The van der Waals surface area contributed by atoms with Crippen LogP contribution in [-0.4, -0.2) is 20.9 Å². The van der Waals surface area contributed by atoms with Crippen LogP contribution in [-0.2, 0) is 17.6 Å². The fourth-order valence-corrected chi connectivity index (χ4v) is 3.00. The van der Waals surface area contributed by atoms with Gasteiger partial charge in [-0.15, -0.1) is 11.3 Å². The minimum Gasteiger partial charge on any atom is -0.369 e. The first kappa shape index (κ1) is 15.2. The lowest BCUT2D eigenvalue weighted by atomic mass is 10.1. The van der Waals surface area contributed by atoms with Crippen molar-refractivity contribution in [2.75, 3.05) is 11.1 Å². The van der Waals surface area contributed by atoms with Crippen LogP contribution in [0.2, 0.25) is 0 Å². The van der Waals surface area contributed by atoms with Gasteiger partial charge in [-0.1, -0.05) is 24.3 Å². The van der Waals surface area contributed by atoms with Gasteiger partial charge in [0.05, 0.1) is 11.9 Å². The number of aromatic nitrogens is 3. The Hall–Kier alpha value is -2.67. The normalized spacial score (nSPS) is 10.7. The van der Waals surface area contributed by atoms with Gasteiger partial charge in [-0.25, -0.2) is 9.97 Å². The first-order chi connectivity index (χ1) is 11.1. The third kappa shape index (κ3) is 3.95. The molecule has 0 aliphatic rings. The number of nitrogens with one attached hydrogen (secondary N) is 2. The van der Waals surface area contributed by atoms with Crippen LogP contribution in [0.1, 0.15) is 18.2 Å². The van der Waals surface area contributed by atoms with Crippen LogP contribution in [0.5, 0.6) is 0 Å². The molecule has 2 aromatic heterocycles. The molecular weight excluding hydrogens is 310 g/mol. The van der Waals surface area contributed by atoms with Gasteiger partial charge >= 0.3 is 0 Å². The van der Waals surface area contributed by atoms with E-state index in [1.807, 2.05) is 17.5 Å². The molecule has 3 rings (SSSR count). The minimum absolute atomic E-state index is 0.110. The number of aromatic amines is 1. The number of benzene rings is 1. The zero-order valence-corrected chi connectivity index (χ0v) is 13.5. The van der Waals surface area contributed by atoms with Gasteiger partial charge in [0.15, 0.2) is 11.1 Å². The van der Waals surface area contributed by atoms with Crippen molar-refractivity contribution in [1.29, 1.82) is 0 Å². The second-order valence-electron chi connectivity index (χ2n) is 5.21. The van der Waals surface area contributed by atoms with E-state index in [-0.39, 0.29) is 5.91 Å². The summed E-state index contributed by atoms with van der Waals surface area (Å²) in [4.78, 5) is 22.5. The summed E-state index contributed by atoms with van der Waals surface area (Å²) >= 11 is 1.42. The Morgan fingerprint density at radius 3 is 2.74 bits per heavy atom. The van der Waals surface area contributed by atoms with Gasteiger partial charge in [0.25, 0.3) is 0 Å². The Labute approximate surface area is 137 Å². The second kappa shape index (κ2) is 6.62. The molecule has 0 bridgehead atoms. The van der Waals surface area contributed by atoms with Crippen LogP contribution in [0.25, 0.3) is 11.3 Å². The van der Waals surface area contributed by atoms with Crippen molar-refractivity contribution in [2.45, 2.75) is 19.8 Å². The number of amides is 1. The van der Waals surface area contributed by atoms with E-state index in [1.54, 1.807) is 6.20 Å². The van der Waals surface area contributed by atoms with E-state index < -0.39 is 0 Å². The number of aryl methyl sites for hydroxylation is 2. The largest absolute Gasteiger partial charge is 0.369 e. The predicted octanol–water partition coefficient (Wildman–Crippen LogP) is 2.86. The molecule has 6 nitrogen and oxygen atoms in total. The smallest absolute Gasteiger partial charge is 0.223 e. The van der Waals surface area contributed by atoms with Gasteiger partial charge in [0, 0.05) is 23.6 Å². The first-order valence-corrected chi connectivity index (χ1v) is 8.10. The predicted molar refractivity (Wildman–Crippen MR) is 92.3 cm³/mol. The SMILES string of the molecule is CC(=O)Nc1nc(-c2ccc(CCc3cnc(N)[nH]3)cc2)cs1. The number of H-pyrrole nitrogens is 1. The third-order valence-corrected chi connectivity index (χ3v) is 4.13. The average Bonchev–Trinajstić information content (AvgIpc) is 3.14. The number of nitrogen functional groups attached to an aromatic ring is 1. The molecule has 0 radical (unpaired) electrons. The first-order valence-electron chi connectivity index (χ1n) is 7.22. The lowest BCUT2D eigenvalue weighted by Gasteiger charge is -2.02. The van der Waals surface area contributed by atoms with Crippen molar-refractivity contribution in [2.24, 2.45) is 0 Å². The summed E-state index contributed by atoms with van der Waals surface area (Å²) in [5.74, 6) is 0.342. The van der Waals surface area contributed by atoms with Gasteiger partial charge in [-0.3, -0.25) is 4.79 Å². The molecule has 4 N–H and O–H groups in total. The summed E-state index contributed by atoms with van der Waals surface area (Å²) in [5.41, 5.74) is 9.74. The number of nitrogens with zero attached hydrogens (tertiary/aromatic N) is 2. The van der Waals surface area contributed by atoms with Crippen LogP contribution in [0.3, 0.4) is 0 Å². The lowest BCUT2D eigenvalue weighted by molar-refractivity contribution is -0.114. The molecule has 3 aromatic rings. The van der Waals surface area contributed by atoms with E-state index in [9.17, 15) is 4.79 Å². The number of rotatable bonds is 5. The van der Waals surface area contributed by atoms with E-state index in [2.05, 4.69) is 32.4 Å². The number of carbonyl (C=O) groups is 1. The Morgan fingerprint density at radius 2 is 2.09 bits per heavy atom. The average molecular weight is 327 g/mol. The van der Waals surface area contributed by atoms with Crippen molar-refractivity contribution in [3.05, 3.63) is 47.1 Å². The summed E-state index contributed by atoms with van der Waals surface area (Å²) < 4.78 is 0. The Bertz CT molecular complexity index is 806. The molecule has 0 aliphatic carbocycles. The van der Waals surface area contributed by atoms with Gasteiger partial charge in [-0.05, 0) is 18.4 Å². The number of hydrogen-bond donors (Lipinski definition) is 3. The topological polar surface area (TPSA) is 96.7 Å². The molecule has 0 saturated heterocycles. The van der Waals surface area contributed by atoms with Crippen LogP contribution >= 0.6 is 11.3 Å². The standard InChI is InChI=1S/C16H17N5OS/c1-10(22)19-16-21-14(9-23-16)12-5-2-11(3-6-12)4-7-13-8-18-15(17)20-13/h2-3,5-6,8-9H,4,7H2,1H3,(H3,17,18,20)(H,19,21,22). The number of imidazole rings is 1. The number of nitrogens with two attached hydrogens (primary N) is 1. The number of anilines is 2. The Kier molecular flexibility index (Phi) is 4.38. The summed E-state index contributed by atoms with van der Waals surface area (Å²) in [5, 5.41) is 5.25. The van der Waals surface area contributed by atoms with Gasteiger partial charge < -0.3 is 16.0 Å². The van der Waals surface area contributed by atoms with Crippen molar-refractivity contribution in [3.8, 4) is 11.3 Å². The Morgan fingerprint density at radius 1 is 1.30 bits per heavy atom. The fourth-order valence-electron chi connectivity index (χ4n) is 2.24. The zero-order valence-electron chi connectivity index (χ0n) is 12.7. The van der Waals surface area contributed by atoms with Crippen molar-refractivity contribution >= 4 is 28.3 Å². The molecule has 0 atom stereocenters. The van der Waals surface area contributed by atoms with E-state index in [1.165, 1.54) is 23.8 Å². The molecule has 0 spiro atoms. The van der Waals surface area contributed by atoms with E-state index in [0.717, 1.165) is 29.8 Å². The molecule has 0 aliphatic heterocycles. The maximum Gasteiger partial charge on any atom is 0.223 e. The maximum absolute atomic E-state index is 11.0. The summed E-state index contributed by atoms with van der Waals surface area (Å²) in [7, 11) is 0. The van der Waals surface area contributed by atoms with E-state index in [4.69, 9.17) is 5.73 Å². The van der Waals surface area contributed by atoms with Crippen LogP contribution in [0, 0.1) is 0 Å². The highest BCUT2D eigenvalue weighted by molar-refractivity contribution is 7.14. The van der Waals surface area contributed by atoms with E-state index >= 15 is 0 Å². The van der Waals surface area contributed by atoms with Crippen molar-refractivity contribution in [3.63, 3.8) is 0 Å². The van der Waals surface area contributed by atoms with Gasteiger partial charge in [0.1, 0.15) is 0 Å².